The highest BCUT2D eigenvalue weighted by atomic mass is 32.2. The lowest BCUT2D eigenvalue weighted by molar-refractivity contribution is -0.123. The van der Waals surface area contributed by atoms with Crippen LogP contribution >= 0.6 is 11.8 Å². The van der Waals surface area contributed by atoms with E-state index in [0.29, 0.717) is 12.2 Å². The van der Waals surface area contributed by atoms with Gasteiger partial charge < -0.3 is 0 Å². The van der Waals surface area contributed by atoms with Gasteiger partial charge in [-0.1, -0.05) is 67.6 Å². The molecule has 0 unspecified atom stereocenters. The first-order valence-corrected chi connectivity index (χ1v) is 8.52. The highest BCUT2D eigenvalue weighted by Crippen LogP contribution is 2.52. The van der Waals surface area contributed by atoms with Crippen LogP contribution in [0.4, 0.5) is 0 Å². The van der Waals surface area contributed by atoms with E-state index in [1.807, 2.05) is 23.9 Å². The molecule has 1 nitrogen and oxygen atoms in total. The minimum atomic E-state index is 0.150. The summed E-state index contributed by atoms with van der Waals surface area (Å²) < 4.78 is 0. The topological polar surface area (TPSA) is 17.1 Å². The van der Waals surface area contributed by atoms with Crippen molar-refractivity contribution < 1.29 is 4.79 Å². The molecule has 1 heterocycles. The van der Waals surface area contributed by atoms with Crippen molar-refractivity contribution in [2.24, 2.45) is 5.92 Å². The van der Waals surface area contributed by atoms with Gasteiger partial charge in [0, 0.05) is 22.8 Å². The second-order valence-electron chi connectivity index (χ2n) is 5.55. The van der Waals surface area contributed by atoms with E-state index in [4.69, 9.17) is 0 Å². The molecule has 0 aromatic heterocycles. The largest absolute Gasteiger partial charge is 0.299 e. The standard InChI is InChI=1S/C19H20OS/c1-2-16-17(20)13-18(14-9-5-3-6-10-14)21-19(16)15-11-7-4-8-12-15/h3-12,16,18-19H,2,13H2,1H3/t16-,18-,19+/m1/s1. The van der Waals surface area contributed by atoms with E-state index >= 15 is 0 Å². The maximum absolute atomic E-state index is 12.6. The number of rotatable bonds is 3. The Bertz CT molecular complexity index is 593. The van der Waals surface area contributed by atoms with Crippen LogP contribution in [-0.2, 0) is 4.79 Å². The smallest absolute Gasteiger partial charge is 0.138 e. The molecular weight excluding hydrogens is 276 g/mol. The first-order valence-electron chi connectivity index (χ1n) is 7.57. The van der Waals surface area contributed by atoms with Crippen LogP contribution in [0.2, 0.25) is 0 Å². The van der Waals surface area contributed by atoms with Crippen molar-refractivity contribution in [3.63, 3.8) is 0 Å². The molecule has 21 heavy (non-hydrogen) atoms. The number of thioether (sulfide) groups is 1. The van der Waals surface area contributed by atoms with Crippen molar-refractivity contribution in [1.29, 1.82) is 0 Å². The number of hydrogen-bond acceptors (Lipinski definition) is 2. The summed E-state index contributed by atoms with van der Waals surface area (Å²) in [7, 11) is 0. The van der Waals surface area contributed by atoms with Crippen LogP contribution in [0.15, 0.2) is 60.7 Å². The normalized spacial score (nSPS) is 25.8. The summed E-state index contributed by atoms with van der Waals surface area (Å²) in [5.41, 5.74) is 2.55. The summed E-state index contributed by atoms with van der Waals surface area (Å²) in [6.45, 7) is 2.13. The van der Waals surface area contributed by atoms with Gasteiger partial charge in [0.1, 0.15) is 5.78 Å². The molecule has 0 spiro atoms. The number of hydrogen-bond donors (Lipinski definition) is 0. The fourth-order valence-electron chi connectivity index (χ4n) is 3.08. The average molecular weight is 296 g/mol. The van der Waals surface area contributed by atoms with Crippen LogP contribution in [0, 0.1) is 5.92 Å². The number of carbonyl (C=O) groups excluding carboxylic acids is 1. The highest BCUT2D eigenvalue weighted by molar-refractivity contribution is 7.99. The summed E-state index contributed by atoms with van der Waals surface area (Å²) in [4.78, 5) is 12.6. The van der Waals surface area contributed by atoms with E-state index in [0.717, 1.165) is 6.42 Å². The lowest BCUT2D eigenvalue weighted by Crippen LogP contribution is -2.27. The maximum atomic E-state index is 12.6. The second-order valence-corrected chi connectivity index (χ2v) is 6.90. The van der Waals surface area contributed by atoms with Crippen LogP contribution in [-0.4, -0.2) is 5.78 Å². The Kier molecular flexibility index (Phi) is 4.45. The molecule has 3 rings (SSSR count). The number of carbonyl (C=O) groups is 1. The fraction of sp³-hybridized carbons (Fsp3) is 0.316. The van der Waals surface area contributed by atoms with Gasteiger partial charge in [0.25, 0.3) is 0 Å². The summed E-state index contributed by atoms with van der Waals surface area (Å²) in [6.07, 6.45) is 1.59. The molecule has 0 radical (unpaired) electrons. The Labute approximate surface area is 130 Å². The van der Waals surface area contributed by atoms with E-state index in [1.165, 1.54) is 11.1 Å². The Morgan fingerprint density at radius 3 is 2.10 bits per heavy atom. The molecule has 0 bridgehead atoms. The lowest BCUT2D eigenvalue weighted by Gasteiger charge is -2.35. The molecule has 1 aliphatic rings. The Morgan fingerprint density at radius 2 is 1.52 bits per heavy atom. The second kappa shape index (κ2) is 6.48. The zero-order valence-corrected chi connectivity index (χ0v) is 13.1. The van der Waals surface area contributed by atoms with Gasteiger partial charge in [-0.15, -0.1) is 11.8 Å². The summed E-state index contributed by atoms with van der Waals surface area (Å²) in [5, 5.41) is 0.564. The monoisotopic (exact) mass is 296 g/mol. The zero-order valence-electron chi connectivity index (χ0n) is 12.2. The van der Waals surface area contributed by atoms with E-state index < -0.39 is 0 Å². The minimum absolute atomic E-state index is 0.150. The van der Waals surface area contributed by atoms with Gasteiger partial charge in [-0.2, -0.15) is 0 Å². The SMILES string of the molecule is CC[C@@H]1C(=O)C[C@H](c2ccccc2)S[C@H]1c1ccccc1. The predicted octanol–water partition coefficient (Wildman–Crippen LogP) is 5.20. The first kappa shape index (κ1) is 14.4. The van der Waals surface area contributed by atoms with Crippen LogP contribution in [0.1, 0.15) is 41.4 Å². The molecule has 2 heteroatoms. The lowest BCUT2D eigenvalue weighted by atomic mass is 9.88. The van der Waals surface area contributed by atoms with Gasteiger partial charge in [-0.3, -0.25) is 4.79 Å². The van der Waals surface area contributed by atoms with Gasteiger partial charge >= 0.3 is 0 Å². The Balaban J connectivity index is 1.91. The van der Waals surface area contributed by atoms with Gasteiger partial charge in [0.05, 0.1) is 0 Å². The highest BCUT2D eigenvalue weighted by Gasteiger charge is 2.37. The molecule has 2 aromatic rings. The van der Waals surface area contributed by atoms with Crippen molar-refractivity contribution in [1.82, 2.24) is 0 Å². The van der Waals surface area contributed by atoms with Crippen molar-refractivity contribution >= 4 is 17.5 Å². The summed E-state index contributed by atoms with van der Waals surface area (Å²) >= 11 is 1.95. The third kappa shape index (κ3) is 3.06. The summed E-state index contributed by atoms with van der Waals surface area (Å²) in [6, 6.07) is 20.9. The molecule has 2 aromatic carbocycles. The molecule has 0 aliphatic carbocycles. The molecular formula is C19H20OS. The average Bonchev–Trinajstić information content (AvgIpc) is 2.55. The molecule has 1 saturated heterocycles. The summed E-state index contributed by atoms with van der Waals surface area (Å²) in [5.74, 6) is 0.566. The van der Waals surface area contributed by atoms with Crippen molar-refractivity contribution in [2.45, 2.75) is 30.3 Å². The van der Waals surface area contributed by atoms with E-state index in [9.17, 15) is 4.79 Å². The van der Waals surface area contributed by atoms with E-state index in [2.05, 4.69) is 55.5 Å². The molecule has 1 fully saturated rings. The van der Waals surface area contributed by atoms with Crippen LogP contribution < -0.4 is 0 Å². The zero-order chi connectivity index (χ0) is 14.7. The maximum Gasteiger partial charge on any atom is 0.138 e. The van der Waals surface area contributed by atoms with Gasteiger partial charge in [-0.05, 0) is 17.5 Å². The van der Waals surface area contributed by atoms with Crippen molar-refractivity contribution in [3.05, 3.63) is 71.8 Å². The van der Waals surface area contributed by atoms with Gasteiger partial charge in [0.2, 0.25) is 0 Å². The predicted molar refractivity (Wildman–Crippen MR) is 89.4 cm³/mol. The Hall–Kier alpha value is -1.54. The van der Waals surface area contributed by atoms with E-state index in [-0.39, 0.29) is 16.4 Å². The van der Waals surface area contributed by atoms with Crippen molar-refractivity contribution in [3.8, 4) is 0 Å². The molecule has 3 atom stereocenters. The molecule has 0 N–H and O–H groups in total. The quantitative estimate of drug-likeness (QED) is 0.774. The Morgan fingerprint density at radius 1 is 0.952 bits per heavy atom. The molecule has 0 saturated carbocycles. The molecule has 0 amide bonds. The minimum Gasteiger partial charge on any atom is -0.299 e. The van der Waals surface area contributed by atoms with Crippen LogP contribution in [0.3, 0.4) is 0 Å². The molecule has 1 aliphatic heterocycles. The number of Topliss-reactive ketones (excluding diaryl/α,β-unsaturated/α-hetero) is 1. The first-order chi connectivity index (χ1) is 10.3. The van der Waals surface area contributed by atoms with Crippen molar-refractivity contribution in [2.75, 3.05) is 0 Å². The molecule has 108 valence electrons. The van der Waals surface area contributed by atoms with Gasteiger partial charge in [-0.25, -0.2) is 0 Å². The van der Waals surface area contributed by atoms with Crippen LogP contribution in [0.25, 0.3) is 0 Å². The van der Waals surface area contributed by atoms with Crippen LogP contribution in [0.5, 0.6) is 0 Å². The number of ketones is 1. The van der Waals surface area contributed by atoms with Gasteiger partial charge in [0.15, 0.2) is 0 Å². The van der Waals surface area contributed by atoms with E-state index in [1.54, 1.807) is 0 Å². The third-order valence-corrected chi connectivity index (χ3v) is 5.88. The third-order valence-electron chi connectivity index (χ3n) is 4.22. The number of benzene rings is 2. The fourth-order valence-corrected chi connectivity index (χ4v) is 4.86.